The number of hydrogen-bond donors (Lipinski definition) is 0. The van der Waals surface area contributed by atoms with Crippen LogP contribution in [0.4, 0.5) is 0 Å². The standard InChI is InChI=1S/C30H34O6/c1-22(2)30(31)36-19-17-32-16-18-34-28-24-12-6-8-14-26(24)29(27-15-9-7-13-25(27)28)35-21-20-33-23-10-4-3-5-11-23/h3-6,8,10-12,14H,1,7,9,13,15-21H2,2H3. The highest BCUT2D eigenvalue weighted by molar-refractivity contribution is 5.96. The van der Waals surface area contributed by atoms with Crippen molar-refractivity contribution in [3.8, 4) is 17.2 Å². The third-order valence-corrected chi connectivity index (χ3v) is 6.06. The number of carbonyl (C=O) groups is 1. The molecule has 0 saturated carbocycles. The van der Waals surface area contributed by atoms with Gasteiger partial charge in [0.15, 0.2) is 0 Å². The molecule has 0 N–H and O–H groups in total. The predicted octanol–water partition coefficient (Wildman–Crippen LogP) is 5.69. The monoisotopic (exact) mass is 490 g/mol. The Bertz CT molecular complexity index is 1170. The second-order valence-electron chi connectivity index (χ2n) is 8.76. The molecule has 3 aromatic rings. The van der Waals surface area contributed by atoms with Gasteiger partial charge in [-0.25, -0.2) is 4.79 Å². The first-order chi connectivity index (χ1) is 17.6. The molecule has 0 saturated heterocycles. The summed E-state index contributed by atoms with van der Waals surface area (Å²) in [6.45, 7) is 7.47. The summed E-state index contributed by atoms with van der Waals surface area (Å²) >= 11 is 0. The van der Waals surface area contributed by atoms with Crippen LogP contribution in [0.3, 0.4) is 0 Å². The van der Waals surface area contributed by atoms with Crippen LogP contribution in [0.1, 0.15) is 30.9 Å². The Kier molecular flexibility index (Phi) is 9.22. The van der Waals surface area contributed by atoms with Crippen molar-refractivity contribution in [2.24, 2.45) is 0 Å². The molecule has 6 nitrogen and oxygen atoms in total. The number of hydrogen-bond acceptors (Lipinski definition) is 6. The molecule has 0 fully saturated rings. The minimum Gasteiger partial charge on any atom is -0.490 e. The summed E-state index contributed by atoms with van der Waals surface area (Å²) < 4.78 is 29.1. The van der Waals surface area contributed by atoms with E-state index in [2.05, 4.69) is 18.7 Å². The zero-order valence-electron chi connectivity index (χ0n) is 20.9. The van der Waals surface area contributed by atoms with Gasteiger partial charge in [0.2, 0.25) is 0 Å². The van der Waals surface area contributed by atoms with Gasteiger partial charge in [-0.3, -0.25) is 0 Å². The van der Waals surface area contributed by atoms with Gasteiger partial charge in [0.25, 0.3) is 0 Å². The van der Waals surface area contributed by atoms with Gasteiger partial charge in [0, 0.05) is 27.5 Å². The first-order valence-electron chi connectivity index (χ1n) is 12.6. The van der Waals surface area contributed by atoms with Crippen LogP contribution < -0.4 is 14.2 Å². The van der Waals surface area contributed by atoms with Crippen LogP contribution >= 0.6 is 0 Å². The first-order valence-corrected chi connectivity index (χ1v) is 12.6. The second-order valence-corrected chi connectivity index (χ2v) is 8.76. The average Bonchev–Trinajstić information content (AvgIpc) is 2.91. The Morgan fingerprint density at radius 1 is 0.722 bits per heavy atom. The van der Waals surface area contributed by atoms with Gasteiger partial charge in [-0.15, -0.1) is 0 Å². The first kappa shape index (κ1) is 25.6. The van der Waals surface area contributed by atoms with Gasteiger partial charge >= 0.3 is 5.97 Å². The lowest BCUT2D eigenvalue weighted by Gasteiger charge is -2.25. The number of para-hydroxylation sites is 1. The van der Waals surface area contributed by atoms with Gasteiger partial charge in [-0.2, -0.15) is 0 Å². The van der Waals surface area contributed by atoms with Crippen molar-refractivity contribution in [2.75, 3.05) is 39.6 Å². The summed E-state index contributed by atoms with van der Waals surface area (Å²) in [6.07, 6.45) is 4.19. The highest BCUT2D eigenvalue weighted by Gasteiger charge is 2.23. The van der Waals surface area contributed by atoms with Crippen LogP contribution in [-0.2, 0) is 27.1 Å². The lowest BCUT2D eigenvalue weighted by Crippen LogP contribution is -2.16. The maximum atomic E-state index is 11.4. The zero-order chi connectivity index (χ0) is 25.2. The van der Waals surface area contributed by atoms with Crippen LogP contribution in [0, 0.1) is 0 Å². The zero-order valence-corrected chi connectivity index (χ0v) is 20.9. The smallest absolute Gasteiger partial charge is 0.333 e. The number of ether oxygens (including phenoxy) is 5. The Labute approximate surface area is 212 Å². The quantitative estimate of drug-likeness (QED) is 0.174. The maximum Gasteiger partial charge on any atom is 0.333 e. The van der Waals surface area contributed by atoms with Crippen molar-refractivity contribution < 1.29 is 28.5 Å². The summed E-state index contributed by atoms with van der Waals surface area (Å²) in [7, 11) is 0. The third kappa shape index (κ3) is 6.58. The lowest BCUT2D eigenvalue weighted by molar-refractivity contribution is -0.140. The van der Waals surface area contributed by atoms with Crippen molar-refractivity contribution in [1.29, 1.82) is 0 Å². The molecule has 0 unspecified atom stereocenters. The molecule has 0 spiro atoms. The van der Waals surface area contributed by atoms with Gasteiger partial charge in [0.1, 0.15) is 43.7 Å². The Balaban J connectivity index is 1.41. The van der Waals surface area contributed by atoms with Gasteiger partial charge in [-0.05, 0) is 44.7 Å². The third-order valence-electron chi connectivity index (χ3n) is 6.06. The summed E-state index contributed by atoms with van der Waals surface area (Å²) in [5, 5.41) is 2.10. The van der Waals surface area contributed by atoms with Crippen molar-refractivity contribution in [3.63, 3.8) is 0 Å². The van der Waals surface area contributed by atoms with Crippen LogP contribution in [0.25, 0.3) is 10.8 Å². The molecule has 0 bridgehead atoms. The minimum atomic E-state index is -0.401. The Morgan fingerprint density at radius 3 is 1.86 bits per heavy atom. The number of rotatable bonds is 13. The van der Waals surface area contributed by atoms with Crippen molar-refractivity contribution in [3.05, 3.63) is 77.9 Å². The fourth-order valence-corrected chi connectivity index (χ4v) is 4.38. The summed E-state index contributed by atoms with van der Waals surface area (Å²) in [5.74, 6) is 2.31. The molecule has 36 heavy (non-hydrogen) atoms. The molecule has 0 heterocycles. The molecule has 1 aliphatic carbocycles. The number of fused-ring (bicyclic) bond motifs is 2. The summed E-state index contributed by atoms with van der Waals surface area (Å²) in [4.78, 5) is 11.4. The number of benzene rings is 3. The van der Waals surface area contributed by atoms with Crippen molar-refractivity contribution in [2.45, 2.75) is 32.6 Å². The fourth-order valence-electron chi connectivity index (χ4n) is 4.38. The molecule has 0 amide bonds. The fraction of sp³-hybridized carbons (Fsp3) is 0.367. The van der Waals surface area contributed by atoms with Gasteiger partial charge < -0.3 is 23.7 Å². The van der Waals surface area contributed by atoms with E-state index in [4.69, 9.17) is 23.7 Å². The normalized spacial score (nSPS) is 12.6. The van der Waals surface area contributed by atoms with Crippen LogP contribution in [0.5, 0.6) is 17.2 Å². The lowest BCUT2D eigenvalue weighted by atomic mass is 9.87. The van der Waals surface area contributed by atoms with Gasteiger partial charge in [0.05, 0.1) is 13.2 Å². The maximum absolute atomic E-state index is 11.4. The minimum absolute atomic E-state index is 0.198. The molecule has 1 aliphatic rings. The molecule has 4 rings (SSSR count). The van der Waals surface area contributed by atoms with Crippen LogP contribution in [0.2, 0.25) is 0 Å². The summed E-state index contributed by atoms with van der Waals surface area (Å²) in [5.41, 5.74) is 2.85. The molecule has 190 valence electrons. The molecule has 0 radical (unpaired) electrons. The Hall–Kier alpha value is -3.51. The van der Waals surface area contributed by atoms with E-state index in [9.17, 15) is 4.79 Å². The molecule has 0 atom stereocenters. The van der Waals surface area contributed by atoms with Crippen molar-refractivity contribution in [1.82, 2.24) is 0 Å². The molecule has 0 aliphatic heterocycles. The molecule has 6 heteroatoms. The highest BCUT2D eigenvalue weighted by Crippen LogP contribution is 2.44. The van der Waals surface area contributed by atoms with E-state index >= 15 is 0 Å². The predicted molar refractivity (Wildman–Crippen MR) is 140 cm³/mol. The highest BCUT2D eigenvalue weighted by atomic mass is 16.6. The average molecular weight is 491 g/mol. The second kappa shape index (κ2) is 13.0. The summed E-state index contributed by atoms with van der Waals surface area (Å²) in [6, 6.07) is 18.0. The van der Waals surface area contributed by atoms with E-state index in [1.54, 1.807) is 6.92 Å². The van der Waals surface area contributed by atoms with E-state index in [1.165, 1.54) is 11.1 Å². The largest absolute Gasteiger partial charge is 0.490 e. The Morgan fingerprint density at radius 2 is 1.25 bits per heavy atom. The van der Waals surface area contributed by atoms with Crippen LogP contribution in [0.15, 0.2) is 66.7 Å². The molecule has 0 aromatic heterocycles. The van der Waals surface area contributed by atoms with Crippen LogP contribution in [-0.4, -0.2) is 45.6 Å². The van der Waals surface area contributed by atoms with Crippen molar-refractivity contribution >= 4 is 16.7 Å². The molecular weight excluding hydrogens is 456 g/mol. The molecular formula is C30H34O6. The van der Waals surface area contributed by atoms with E-state index < -0.39 is 5.97 Å². The number of esters is 1. The topological polar surface area (TPSA) is 63.2 Å². The SMILES string of the molecule is C=C(C)C(=O)OCCOCCOc1c2c(c(OCCOc3ccccc3)c3ccccc13)CCCC2. The van der Waals surface area contributed by atoms with E-state index in [0.717, 1.165) is 53.7 Å². The van der Waals surface area contributed by atoms with E-state index in [1.807, 2.05) is 42.5 Å². The molecule has 3 aromatic carbocycles. The van der Waals surface area contributed by atoms with Gasteiger partial charge in [-0.1, -0.05) is 49.0 Å². The number of carbonyl (C=O) groups excluding carboxylic acids is 1. The van der Waals surface area contributed by atoms with E-state index in [-0.39, 0.29) is 6.61 Å². The van der Waals surface area contributed by atoms with E-state index in [0.29, 0.717) is 38.6 Å².